The minimum Gasteiger partial charge on any atom is -0.396 e. The molecule has 0 fully saturated rings. The Morgan fingerprint density at radius 1 is 1.36 bits per heavy atom. The second-order valence-electron chi connectivity index (χ2n) is 3.66. The molecule has 0 unspecified atom stereocenters. The molecule has 1 rings (SSSR count). The van der Waals surface area contributed by atoms with Gasteiger partial charge in [0.2, 0.25) is 0 Å². The maximum Gasteiger partial charge on any atom is 0.0462 e. The van der Waals surface area contributed by atoms with Crippen molar-refractivity contribution >= 4 is 0 Å². The Hall–Kier alpha value is -0.820. The molecule has 0 aliphatic rings. The molecule has 0 aliphatic carbocycles. The van der Waals surface area contributed by atoms with Gasteiger partial charge >= 0.3 is 0 Å². The molecule has 0 aromatic heterocycles. The van der Waals surface area contributed by atoms with Crippen LogP contribution in [-0.2, 0) is 6.40 Å². The van der Waals surface area contributed by atoms with E-state index in [9.17, 15) is 5.11 Å². The molecule has 78 valence electrons. The first kappa shape index (κ1) is 9.72. The van der Waals surface area contributed by atoms with Crippen molar-refractivity contribution in [1.82, 2.24) is 0 Å². The van der Waals surface area contributed by atoms with Gasteiger partial charge in [-0.15, -0.1) is 0 Å². The standard InChI is InChI=1S/C13H20O/c1-2-3-7-13(11-14)10-12-8-5-4-6-9-12/h4-6,8-9,13-14H,2-3,7,10-11H2,1H3/t13-/m0/s1/i10D/t10-,13+/m1. The first-order chi connectivity index (χ1) is 7.29. The molecule has 1 N–H and O–H groups in total. The summed E-state index contributed by atoms with van der Waals surface area (Å²) in [5, 5.41) is 9.26. The summed E-state index contributed by atoms with van der Waals surface area (Å²) in [6.45, 7) is 2.25. The van der Waals surface area contributed by atoms with Crippen molar-refractivity contribution in [2.24, 2.45) is 5.92 Å². The zero-order valence-electron chi connectivity index (χ0n) is 9.82. The highest BCUT2D eigenvalue weighted by Gasteiger charge is 2.07. The molecular formula is C13H20O. The summed E-state index contributed by atoms with van der Waals surface area (Å²) in [4.78, 5) is 0. The highest BCUT2D eigenvalue weighted by atomic mass is 16.3. The van der Waals surface area contributed by atoms with Crippen molar-refractivity contribution in [2.45, 2.75) is 32.6 Å². The van der Waals surface area contributed by atoms with E-state index in [1.807, 2.05) is 30.3 Å². The number of unbranched alkanes of at least 4 members (excludes halogenated alkanes) is 1. The van der Waals surface area contributed by atoms with E-state index < -0.39 is 0 Å². The van der Waals surface area contributed by atoms with E-state index in [4.69, 9.17) is 1.37 Å². The summed E-state index contributed by atoms with van der Waals surface area (Å²) in [5.41, 5.74) is 1.01. The molecule has 0 aliphatic heterocycles. The summed E-state index contributed by atoms with van der Waals surface area (Å²) in [5.74, 6) is 0.0762. The van der Waals surface area contributed by atoms with Crippen LogP contribution in [0.5, 0.6) is 0 Å². The minimum atomic E-state index is -0.289. The fraction of sp³-hybridized carbons (Fsp3) is 0.538. The lowest BCUT2D eigenvalue weighted by molar-refractivity contribution is 0.215. The van der Waals surface area contributed by atoms with Crippen LogP contribution >= 0.6 is 0 Å². The van der Waals surface area contributed by atoms with E-state index in [1.54, 1.807) is 0 Å². The zero-order valence-corrected chi connectivity index (χ0v) is 8.82. The van der Waals surface area contributed by atoms with E-state index in [0.717, 1.165) is 24.8 Å². The first-order valence-corrected chi connectivity index (χ1v) is 5.37. The molecule has 0 radical (unpaired) electrons. The second kappa shape index (κ2) is 6.61. The van der Waals surface area contributed by atoms with Gasteiger partial charge in [0, 0.05) is 7.98 Å². The Morgan fingerprint density at radius 3 is 2.64 bits per heavy atom. The molecule has 1 nitrogen and oxygen atoms in total. The van der Waals surface area contributed by atoms with Gasteiger partial charge < -0.3 is 5.11 Å². The first-order valence-electron chi connectivity index (χ1n) is 5.95. The Bertz CT molecular complexity index is 260. The summed E-state index contributed by atoms with van der Waals surface area (Å²) in [7, 11) is 0. The summed E-state index contributed by atoms with van der Waals surface area (Å²) in [6.07, 6.45) is 2.87. The molecule has 0 amide bonds. The Balaban J connectivity index is 2.60. The SMILES string of the molecule is [2H][C@H](c1ccccc1)[C@@H](CO)CCCC. The van der Waals surface area contributed by atoms with Crippen molar-refractivity contribution in [3.63, 3.8) is 0 Å². The monoisotopic (exact) mass is 193 g/mol. The number of aliphatic hydroxyl groups is 1. The van der Waals surface area contributed by atoms with Gasteiger partial charge in [0.25, 0.3) is 0 Å². The molecule has 1 heteroatoms. The smallest absolute Gasteiger partial charge is 0.0462 e. The lowest BCUT2D eigenvalue weighted by Crippen LogP contribution is -2.09. The number of rotatable bonds is 6. The van der Waals surface area contributed by atoms with E-state index in [2.05, 4.69) is 6.92 Å². The average Bonchev–Trinajstić information content (AvgIpc) is 2.31. The van der Waals surface area contributed by atoms with E-state index >= 15 is 0 Å². The van der Waals surface area contributed by atoms with Crippen LogP contribution in [0, 0.1) is 5.92 Å². The summed E-state index contributed by atoms with van der Waals surface area (Å²) < 4.78 is 8.09. The largest absolute Gasteiger partial charge is 0.396 e. The van der Waals surface area contributed by atoms with Gasteiger partial charge in [-0.3, -0.25) is 0 Å². The number of aliphatic hydroxyl groups excluding tert-OH is 1. The van der Waals surface area contributed by atoms with Crippen LogP contribution in [0.2, 0.25) is 0 Å². The predicted molar refractivity (Wildman–Crippen MR) is 60.2 cm³/mol. The molecule has 14 heavy (non-hydrogen) atoms. The Morgan fingerprint density at radius 2 is 2.07 bits per heavy atom. The third kappa shape index (κ3) is 3.93. The fourth-order valence-electron chi connectivity index (χ4n) is 1.53. The van der Waals surface area contributed by atoms with Crippen LogP contribution in [0.3, 0.4) is 0 Å². The van der Waals surface area contributed by atoms with Gasteiger partial charge in [-0.1, -0.05) is 50.1 Å². The molecule has 1 aromatic rings. The Labute approximate surface area is 88.2 Å². The number of hydrogen-bond donors (Lipinski definition) is 1. The van der Waals surface area contributed by atoms with Crippen molar-refractivity contribution in [3.8, 4) is 0 Å². The van der Waals surface area contributed by atoms with E-state index in [1.165, 1.54) is 0 Å². The lowest BCUT2D eigenvalue weighted by atomic mass is 9.95. The average molecular weight is 193 g/mol. The maximum absolute atomic E-state index is 9.26. The van der Waals surface area contributed by atoms with Crippen LogP contribution in [0.15, 0.2) is 30.3 Å². The quantitative estimate of drug-likeness (QED) is 0.736. The summed E-state index contributed by atoms with van der Waals surface area (Å²) in [6, 6.07) is 9.78. The second-order valence-corrected chi connectivity index (χ2v) is 3.66. The maximum atomic E-state index is 9.26. The third-order valence-electron chi connectivity index (χ3n) is 2.39. The highest BCUT2D eigenvalue weighted by molar-refractivity contribution is 5.15. The molecular weight excluding hydrogens is 172 g/mol. The van der Waals surface area contributed by atoms with Crippen molar-refractivity contribution in [2.75, 3.05) is 6.61 Å². The van der Waals surface area contributed by atoms with E-state index in [0.29, 0.717) is 0 Å². The van der Waals surface area contributed by atoms with Crippen molar-refractivity contribution < 1.29 is 6.48 Å². The van der Waals surface area contributed by atoms with Gasteiger partial charge in [0.1, 0.15) is 0 Å². The van der Waals surface area contributed by atoms with Crippen molar-refractivity contribution in [1.29, 1.82) is 0 Å². The van der Waals surface area contributed by atoms with Crippen molar-refractivity contribution in [3.05, 3.63) is 35.9 Å². The third-order valence-corrected chi connectivity index (χ3v) is 2.39. The van der Waals surface area contributed by atoms with Gasteiger partial charge in [-0.2, -0.15) is 0 Å². The number of benzene rings is 1. The molecule has 0 heterocycles. The molecule has 1 aromatic carbocycles. The number of hydrogen-bond acceptors (Lipinski definition) is 1. The predicted octanol–water partition coefficient (Wildman–Crippen LogP) is 3.03. The molecule has 0 spiro atoms. The van der Waals surface area contributed by atoms with Gasteiger partial charge in [-0.25, -0.2) is 0 Å². The van der Waals surface area contributed by atoms with Crippen LogP contribution in [0.4, 0.5) is 0 Å². The topological polar surface area (TPSA) is 20.2 Å². The molecule has 2 atom stereocenters. The van der Waals surface area contributed by atoms with Crippen LogP contribution < -0.4 is 0 Å². The molecule has 0 saturated heterocycles. The molecule has 0 saturated carbocycles. The lowest BCUT2D eigenvalue weighted by Gasteiger charge is -2.13. The normalized spacial score (nSPS) is 16.0. The Kier molecular flexibility index (Phi) is 4.59. The van der Waals surface area contributed by atoms with Crippen LogP contribution in [-0.4, -0.2) is 11.7 Å². The summed E-state index contributed by atoms with van der Waals surface area (Å²) >= 11 is 0. The fourth-order valence-corrected chi connectivity index (χ4v) is 1.53. The van der Waals surface area contributed by atoms with Crippen LogP contribution in [0.25, 0.3) is 0 Å². The molecule has 0 bridgehead atoms. The van der Waals surface area contributed by atoms with Crippen LogP contribution in [0.1, 0.15) is 33.1 Å². The minimum absolute atomic E-state index is 0.0762. The van der Waals surface area contributed by atoms with Gasteiger partial charge in [-0.05, 0) is 24.3 Å². The van der Waals surface area contributed by atoms with Gasteiger partial charge in [0.05, 0.1) is 0 Å². The zero-order chi connectivity index (χ0) is 11.1. The van der Waals surface area contributed by atoms with E-state index in [-0.39, 0.29) is 18.9 Å². The highest BCUT2D eigenvalue weighted by Crippen LogP contribution is 2.14. The van der Waals surface area contributed by atoms with Gasteiger partial charge in [0.15, 0.2) is 0 Å².